The Kier molecular flexibility index (Phi) is 4.09. The summed E-state index contributed by atoms with van der Waals surface area (Å²) in [5.74, 6) is 3.00. The Morgan fingerprint density at radius 1 is 1.28 bits per heavy atom. The number of aromatic nitrogens is 4. The average molecular weight is 336 g/mol. The van der Waals surface area contributed by atoms with E-state index in [9.17, 15) is 0 Å². The molecule has 1 aliphatic rings. The zero-order chi connectivity index (χ0) is 17.2. The molecule has 1 aromatic carbocycles. The van der Waals surface area contributed by atoms with Crippen molar-refractivity contribution in [2.24, 2.45) is 5.92 Å². The summed E-state index contributed by atoms with van der Waals surface area (Å²) in [4.78, 5) is 4.58. The summed E-state index contributed by atoms with van der Waals surface area (Å²) in [7, 11) is 1.68. The Balaban J connectivity index is 1.50. The van der Waals surface area contributed by atoms with Crippen molar-refractivity contribution in [1.29, 1.82) is 0 Å². The van der Waals surface area contributed by atoms with Crippen molar-refractivity contribution in [2.45, 2.75) is 19.8 Å². The van der Waals surface area contributed by atoms with Crippen LogP contribution in [0.5, 0.6) is 11.5 Å². The summed E-state index contributed by atoms with van der Waals surface area (Å²) < 4.78 is 13.2. The minimum Gasteiger partial charge on any atom is -0.493 e. The molecule has 3 heterocycles. The minimum atomic E-state index is 0.432. The zero-order valence-electron chi connectivity index (χ0n) is 14.3. The van der Waals surface area contributed by atoms with Gasteiger partial charge in [-0.25, -0.2) is 4.98 Å². The third-order valence-electron chi connectivity index (χ3n) is 4.55. The number of methoxy groups -OCH3 is 1. The predicted octanol–water partition coefficient (Wildman–Crippen LogP) is 2.77. The lowest BCUT2D eigenvalue weighted by Crippen LogP contribution is -2.23. The highest BCUT2D eigenvalue weighted by Crippen LogP contribution is 2.36. The lowest BCUT2D eigenvalue weighted by atomic mass is 9.91. The third kappa shape index (κ3) is 3.07. The van der Waals surface area contributed by atoms with Gasteiger partial charge in [-0.1, -0.05) is 18.2 Å². The lowest BCUT2D eigenvalue weighted by Gasteiger charge is -2.26. The Labute approximate surface area is 146 Å². The normalized spacial score (nSPS) is 16.2. The second-order valence-electron chi connectivity index (χ2n) is 6.39. The van der Waals surface area contributed by atoms with Gasteiger partial charge in [0.2, 0.25) is 0 Å². The van der Waals surface area contributed by atoms with E-state index < -0.39 is 0 Å². The highest BCUT2D eigenvalue weighted by atomic mass is 16.5. The number of hydrogen-bond acceptors (Lipinski definition) is 5. The lowest BCUT2D eigenvalue weighted by molar-refractivity contribution is 0.211. The Hall–Kier alpha value is -2.89. The molecule has 0 radical (unpaired) electrons. The highest BCUT2D eigenvalue weighted by molar-refractivity contribution is 5.48. The van der Waals surface area contributed by atoms with Gasteiger partial charge in [0.25, 0.3) is 0 Å². The van der Waals surface area contributed by atoms with Crippen LogP contribution < -0.4 is 9.47 Å². The van der Waals surface area contributed by atoms with Crippen molar-refractivity contribution in [3.8, 4) is 17.3 Å². The summed E-state index contributed by atoms with van der Waals surface area (Å²) in [6, 6.07) is 8.26. The van der Waals surface area contributed by atoms with Crippen molar-refractivity contribution in [3.05, 3.63) is 59.8 Å². The molecule has 3 aromatic rings. The van der Waals surface area contributed by atoms with E-state index in [-0.39, 0.29) is 0 Å². The van der Waals surface area contributed by atoms with Gasteiger partial charge in [-0.2, -0.15) is 0 Å². The molecule has 1 atom stereocenters. The number of ether oxygens (including phenoxy) is 2. The molecule has 0 spiro atoms. The molecule has 0 fully saturated rings. The summed E-state index contributed by atoms with van der Waals surface area (Å²) in [5, 5.41) is 7.67. The van der Waals surface area contributed by atoms with Gasteiger partial charge in [0, 0.05) is 12.1 Å². The molecule has 4 rings (SSSR count). The van der Waals surface area contributed by atoms with Crippen LogP contribution in [0, 0.1) is 12.8 Å². The maximum Gasteiger partial charge on any atom is 0.164 e. The monoisotopic (exact) mass is 336 g/mol. The zero-order valence-corrected chi connectivity index (χ0v) is 14.3. The van der Waals surface area contributed by atoms with Crippen molar-refractivity contribution in [2.75, 3.05) is 13.7 Å². The molecule has 0 saturated heterocycles. The van der Waals surface area contributed by atoms with Crippen LogP contribution in [-0.2, 0) is 12.8 Å². The van der Waals surface area contributed by atoms with Gasteiger partial charge in [0.05, 0.1) is 13.7 Å². The van der Waals surface area contributed by atoms with E-state index >= 15 is 0 Å². The number of hydrogen-bond donors (Lipinski definition) is 0. The topological polar surface area (TPSA) is 62.1 Å². The first-order chi connectivity index (χ1) is 12.2. The van der Waals surface area contributed by atoms with Gasteiger partial charge in [-0.3, -0.25) is 4.57 Å². The first kappa shape index (κ1) is 15.6. The van der Waals surface area contributed by atoms with Gasteiger partial charge < -0.3 is 9.47 Å². The van der Waals surface area contributed by atoms with Crippen LogP contribution in [0.4, 0.5) is 0 Å². The largest absolute Gasteiger partial charge is 0.493 e. The van der Waals surface area contributed by atoms with Gasteiger partial charge in [0.1, 0.15) is 18.5 Å². The summed E-state index contributed by atoms with van der Waals surface area (Å²) in [6.07, 6.45) is 7.18. The fourth-order valence-corrected chi connectivity index (χ4v) is 3.40. The van der Waals surface area contributed by atoms with E-state index in [4.69, 9.17) is 9.47 Å². The molecule has 0 amide bonds. The van der Waals surface area contributed by atoms with Crippen LogP contribution in [0.3, 0.4) is 0 Å². The molecule has 6 nitrogen and oxygen atoms in total. The van der Waals surface area contributed by atoms with E-state index in [1.165, 1.54) is 11.1 Å². The molecule has 0 N–H and O–H groups in total. The van der Waals surface area contributed by atoms with Gasteiger partial charge in [0.15, 0.2) is 11.5 Å². The van der Waals surface area contributed by atoms with Crippen LogP contribution in [0.2, 0.25) is 0 Å². The maximum atomic E-state index is 5.98. The van der Waals surface area contributed by atoms with Crippen molar-refractivity contribution in [3.63, 3.8) is 0 Å². The van der Waals surface area contributed by atoms with E-state index in [0.29, 0.717) is 12.5 Å². The number of aryl methyl sites for hydroxylation is 1. The SMILES string of the molecule is COc1cccc2c1OC[C@H](Cc1cnc(-n3cnnc3)c(C)c1)C2. The number of pyridine rings is 1. The van der Waals surface area contributed by atoms with Gasteiger partial charge in [-0.15, -0.1) is 10.2 Å². The molecule has 0 saturated carbocycles. The van der Waals surface area contributed by atoms with Gasteiger partial charge in [-0.05, 0) is 42.5 Å². The molecule has 2 aromatic heterocycles. The minimum absolute atomic E-state index is 0.432. The highest BCUT2D eigenvalue weighted by Gasteiger charge is 2.23. The Morgan fingerprint density at radius 2 is 2.12 bits per heavy atom. The smallest absolute Gasteiger partial charge is 0.164 e. The fourth-order valence-electron chi connectivity index (χ4n) is 3.40. The summed E-state index contributed by atoms with van der Waals surface area (Å²) >= 11 is 0. The predicted molar refractivity (Wildman–Crippen MR) is 93.3 cm³/mol. The number of para-hydroxylation sites is 1. The van der Waals surface area contributed by atoms with Crippen LogP contribution in [0.1, 0.15) is 16.7 Å². The van der Waals surface area contributed by atoms with E-state index in [0.717, 1.165) is 35.7 Å². The molecular formula is C19H20N4O2. The molecule has 6 heteroatoms. The van der Waals surface area contributed by atoms with Crippen molar-refractivity contribution >= 4 is 0 Å². The molecule has 1 aliphatic heterocycles. The van der Waals surface area contributed by atoms with Crippen molar-refractivity contribution < 1.29 is 9.47 Å². The number of rotatable bonds is 4. The summed E-state index contributed by atoms with van der Waals surface area (Å²) in [6.45, 7) is 2.75. The van der Waals surface area contributed by atoms with Crippen LogP contribution in [0.25, 0.3) is 5.82 Å². The fraction of sp³-hybridized carbons (Fsp3) is 0.316. The second-order valence-corrected chi connectivity index (χ2v) is 6.39. The van der Waals surface area contributed by atoms with Crippen LogP contribution in [0.15, 0.2) is 43.1 Å². The average Bonchev–Trinajstić information content (AvgIpc) is 3.15. The standard InChI is InChI=1S/C19H20N4O2/c1-13-6-14(9-20-19(13)23-11-21-22-12-23)7-15-8-16-4-3-5-17(24-2)18(16)25-10-15/h3-6,9,11-12,15H,7-8,10H2,1-2H3/t15-/m1/s1. The quantitative estimate of drug-likeness (QED) is 0.733. The first-order valence-electron chi connectivity index (χ1n) is 8.34. The molecule has 0 bridgehead atoms. The summed E-state index contributed by atoms with van der Waals surface area (Å²) in [5.41, 5.74) is 3.53. The number of nitrogens with zero attached hydrogens (tertiary/aromatic N) is 4. The van der Waals surface area contributed by atoms with E-state index in [1.807, 2.05) is 22.9 Å². The molecule has 0 unspecified atom stereocenters. The molecule has 0 aliphatic carbocycles. The maximum absolute atomic E-state index is 5.98. The molecule has 25 heavy (non-hydrogen) atoms. The van der Waals surface area contributed by atoms with E-state index in [1.54, 1.807) is 19.8 Å². The van der Waals surface area contributed by atoms with E-state index in [2.05, 4.69) is 34.2 Å². The van der Waals surface area contributed by atoms with Crippen LogP contribution in [-0.4, -0.2) is 33.5 Å². The second kappa shape index (κ2) is 6.55. The molecule has 128 valence electrons. The van der Waals surface area contributed by atoms with Crippen molar-refractivity contribution in [1.82, 2.24) is 19.7 Å². The Morgan fingerprint density at radius 3 is 2.88 bits per heavy atom. The number of fused-ring (bicyclic) bond motifs is 1. The third-order valence-corrected chi connectivity index (χ3v) is 4.55. The Bertz CT molecular complexity index is 877. The first-order valence-corrected chi connectivity index (χ1v) is 8.34. The van der Waals surface area contributed by atoms with Gasteiger partial charge >= 0.3 is 0 Å². The molecular weight excluding hydrogens is 316 g/mol. The van der Waals surface area contributed by atoms with Crippen LogP contribution >= 0.6 is 0 Å². The number of benzene rings is 1.